The molecule has 2 saturated heterocycles. The third-order valence-corrected chi connectivity index (χ3v) is 6.45. The van der Waals surface area contributed by atoms with Crippen molar-refractivity contribution < 1.29 is 19.1 Å². The molecule has 36 heavy (non-hydrogen) atoms. The number of nitrogens with zero attached hydrogens (tertiary/aromatic N) is 6. The van der Waals surface area contributed by atoms with Crippen LogP contribution in [0.5, 0.6) is 0 Å². The Morgan fingerprint density at radius 1 is 0.694 bits per heavy atom. The second-order valence-electron chi connectivity index (χ2n) is 8.83. The third-order valence-electron chi connectivity index (χ3n) is 6.45. The predicted molar refractivity (Wildman–Crippen MR) is 131 cm³/mol. The Morgan fingerprint density at radius 3 is 1.47 bits per heavy atom. The minimum absolute atomic E-state index is 0.174. The van der Waals surface area contributed by atoms with Gasteiger partial charge in [0.15, 0.2) is 0 Å². The molecule has 2 atom stereocenters. The zero-order valence-electron chi connectivity index (χ0n) is 19.9. The first-order chi connectivity index (χ1) is 17.7. The first kappa shape index (κ1) is 23.7. The Labute approximate surface area is 209 Å². The number of rotatable bonds is 8. The maximum Gasteiger partial charge on any atom is 0.329 e. The summed E-state index contributed by atoms with van der Waals surface area (Å²) in [5.74, 6) is 0.545. The lowest BCUT2D eigenvalue weighted by Gasteiger charge is -2.23. The summed E-state index contributed by atoms with van der Waals surface area (Å²) in [4.78, 5) is 46.3. The van der Waals surface area contributed by atoms with Crippen molar-refractivity contribution in [3.8, 4) is 0 Å². The Morgan fingerprint density at radius 2 is 1.08 bits per heavy atom. The molecule has 10 nitrogen and oxygen atoms in total. The van der Waals surface area contributed by atoms with Crippen LogP contribution in [0.3, 0.4) is 0 Å². The van der Waals surface area contributed by atoms with Gasteiger partial charge in [-0.25, -0.2) is 29.5 Å². The SMILES string of the molecule is O=C(OCc1ccc(COC(=O)[C@@H]2CCCN2c2ncccn2)cc1)[C@@H]1CCCN1c1ncccn1. The molecular weight excluding hydrogens is 460 g/mol. The van der Waals surface area contributed by atoms with Crippen molar-refractivity contribution in [3.05, 3.63) is 72.3 Å². The molecule has 0 N–H and O–H groups in total. The van der Waals surface area contributed by atoms with E-state index in [1.54, 1.807) is 36.9 Å². The molecule has 2 aromatic heterocycles. The number of esters is 2. The summed E-state index contributed by atoms with van der Waals surface area (Å²) in [6.45, 7) is 1.81. The summed E-state index contributed by atoms with van der Waals surface area (Å²) in [5.41, 5.74) is 1.73. The molecule has 2 aliphatic heterocycles. The van der Waals surface area contributed by atoms with Gasteiger partial charge in [0.25, 0.3) is 0 Å². The van der Waals surface area contributed by atoms with E-state index in [0.717, 1.165) is 49.9 Å². The molecule has 0 bridgehead atoms. The quantitative estimate of drug-likeness (QED) is 0.439. The number of ether oxygens (including phenoxy) is 2. The van der Waals surface area contributed by atoms with E-state index in [1.165, 1.54) is 0 Å². The van der Waals surface area contributed by atoms with Crippen LogP contribution in [0.25, 0.3) is 0 Å². The second-order valence-corrected chi connectivity index (χ2v) is 8.83. The van der Waals surface area contributed by atoms with Gasteiger partial charge in [0, 0.05) is 37.9 Å². The molecule has 0 spiro atoms. The van der Waals surface area contributed by atoms with Crippen molar-refractivity contribution in [2.24, 2.45) is 0 Å². The Kier molecular flexibility index (Phi) is 7.30. The molecule has 0 amide bonds. The molecule has 1 aromatic carbocycles. The molecule has 5 rings (SSSR count). The second kappa shape index (κ2) is 11.1. The van der Waals surface area contributed by atoms with Crippen molar-refractivity contribution in [1.82, 2.24) is 19.9 Å². The molecule has 0 saturated carbocycles. The lowest BCUT2D eigenvalue weighted by Crippen LogP contribution is -2.38. The van der Waals surface area contributed by atoms with E-state index >= 15 is 0 Å². The van der Waals surface area contributed by atoms with Gasteiger partial charge in [0.1, 0.15) is 25.3 Å². The topological polar surface area (TPSA) is 111 Å². The van der Waals surface area contributed by atoms with Gasteiger partial charge in [-0.1, -0.05) is 24.3 Å². The van der Waals surface area contributed by atoms with Crippen LogP contribution in [0.1, 0.15) is 36.8 Å². The number of anilines is 2. The lowest BCUT2D eigenvalue weighted by atomic mass is 10.1. The van der Waals surface area contributed by atoms with Crippen LogP contribution in [0.15, 0.2) is 61.2 Å². The van der Waals surface area contributed by atoms with Crippen LogP contribution < -0.4 is 9.80 Å². The van der Waals surface area contributed by atoms with Gasteiger partial charge in [-0.2, -0.15) is 0 Å². The van der Waals surface area contributed by atoms with Crippen molar-refractivity contribution in [3.63, 3.8) is 0 Å². The highest BCUT2D eigenvalue weighted by molar-refractivity contribution is 5.80. The molecule has 3 aromatic rings. The highest BCUT2D eigenvalue weighted by Gasteiger charge is 2.34. The number of hydrogen-bond acceptors (Lipinski definition) is 10. The van der Waals surface area contributed by atoms with Crippen LogP contribution in [-0.2, 0) is 32.3 Å². The average molecular weight is 489 g/mol. The Balaban J connectivity index is 1.10. The molecule has 0 radical (unpaired) electrons. The number of aromatic nitrogens is 4. The fraction of sp³-hybridized carbons (Fsp3) is 0.385. The van der Waals surface area contributed by atoms with Gasteiger partial charge >= 0.3 is 11.9 Å². The fourth-order valence-corrected chi connectivity index (χ4v) is 4.61. The minimum atomic E-state index is -0.373. The number of carbonyl (C=O) groups excluding carboxylic acids is 2. The van der Waals surface area contributed by atoms with Crippen molar-refractivity contribution in [2.75, 3.05) is 22.9 Å². The van der Waals surface area contributed by atoms with Crippen molar-refractivity contribution in [2.45, 2.75) is 51.0 Å². The summed E-state index contributed by atoms with van der Waals surface area (Å²) < 4.78 is 11.2. The summed E-state index contributed by atoms with van der Waals surface area (Å²) in [7, 11) is 0. The molecule has 186 valence electrons. The molecular formula is C26H28N6O4. The van der Waals surface area contributed by atoms with Crippen LogP contribution in [-0.4, -0.2) is 57.0 Å². The molecule has 10 heteroatoms. The molecule has 0 aliphatic carbocycles. The fourth-order valence-electron chi connectivity index (χ4n) is 4.61. The van der Waals surface area contributed by atoms with Crippen LogP contribution in [0, 0.1) is 0 Å². The first-order valence-corrected chi connectivity index (χ1v) is 12.2. The Hall–Kier alpha value is -4.08. The molecule has 4 heterocycles. The van der Waals surface area contributed by atoms with Gasteiger partial charge in [-0.05, 0) is 48.9 Å². The van der Waals surface area contributed by atoms with E-state index in [9.17, 15) is 9.59 Å². The summed E-state index contributed by atoms with van der Waals surface area (Å²) in [6.07, 6.45) is 9.90. The standard InChI is InChI=1S/C26H28N6O4/c33-23(21-5-1-15-31(21)25-27-11-3-12-28-25)35-17-19-7-9-20(10-8-19)18-36-24(34)22-6-2-16-32(22)26-29-13-4-14-30-26/h3-4,7-14,21-22H,1-2,5-6,15-18H2/t21-,22-/m0/s1. The van der Waals surface area contributed by atoms with Crippen molar-refractivity contribution >= 4 is 23.8 Å². The van der Waals surface area contributed by atoms with Gasteiger partial charge in [-0.3, -0.25) is 0 Å². The summed E-state index contributed by atoms with van der Waals surface area (Å²) in [5, 5.41) is 0. The maximum absolute atomic E-state index is 12.7. The van der Waals surface area contributed by atoms with E-state index in [1.807, 2.05) is 34.1 Å². The number of carbonyl (C=O) groups is 2. The summed E-state index contributed by atoms with van der Waals surface area (Å²) >= 11 is 0. The smallest absolute Gasteiger partial charge is 0.329 e. The number of benzene rings is 1. The predicted octanol–water partition coefficient (Wildman–Crippen LogP) is 2.69. The van der Waals surface area contributed by atoms with Gasteiger partial charge < -0.3 is 19.3 Å². The van der Waals surface area contributed by atoms with Crippen LogP contribution in [0.2, 0.25) is 0 Å². The van der Waals surface area contributed by atoms with Gasteiger partial charge in [0.05, 0.1) is 0 Å². The highest BCUT2D eigenvalue weighted by Crippen LogP contribution is 2.24. The zero-order valence-corrected chi connectivity index (χ0v) is 19.9. The largest absolute Gasteiger partial charge is 0.459 e. The normalized spacial score (nSPS) is 19.3. The monoisotopic (exact) mass is 488 g/mol. The maximum atomic E-state index is 12.7. The summed E-state index contributed by atoms with van der Waals surface area (Å²) in [6, 6.07) is 10.3. The highest BCUT2D eigenvalue weighted by atomic mass is 16.5. The van der Waals surface area contributed by atoms with E-state index in [4.69, 9.17) is 9.47 Å². The molecule has 2 aliphatic rings. The van der Waals surface area contributed by atoms with E-state index < -0.39 is 0 Å². The zero-order chi connectivity index (χ0) is 24.7. The average Bonchev–Trinajstić information content (AvgIpc) is 3.63. The van der Waals surface area contributed by atoms with E-state index in [-0.39, 0.29) is 37.2 Å². The molecule has 0 unspecified atom stereocenters. The van der Waals surface area contributed by atoms with Crippen LogP contribution >= 0.6 is 0 Å². The number of hydrogen-bond donors (Lipinski definition) is 0. The van der Waals surface area contributed by atoms with E-state index in [2.05, 4.69) is 19.9 Å². The Bertz CT molecular complexity index is 1070. The van der Waals surface area contributed by atoms with Gasteiger partial charge in [0.2, 0.25) is 11.9 Å². The van der Waals surface area contributed by atoms with Crippen LogP contribution in [0.4, 0.5) is 11.9 Å². The first-order valence-electron chi connectivity index (χ1n) is 12.2. The van der Waals surface area contributed by atoms with Gasteiger partial charge in [-0.15, -0.1) is 0 Å². The van der Waals surface area contributed by atoms with Crippen molar-refractivity contribution in [1.29, 1.82) is 0 Å². The minimum Gasteiger partial charge on any atom is -0.459 e. The molecule has 2 fully saturated rings. The van der Waals surface area contributed by atoms with E-state index in [0.29, 0.717) is 11.9 Å². The lowest BCUT2D eigenvalue weighted by molar-refractivity contribution is -0.147. The third kappa shape index (κ3) is 5.42.